The molecule has 1 aliphatic carbocycles. The second kappa shape index (κ2) is 12.4. The summed E-state index contributed by atoms with van der Waals surface area (Å²) in [5, 5.41) is 3.14. The molecule has 0 radical (unpaired) electrons. The van der Waals surface area contributed by atoms with Gasteiger partial charge in [-0.1, -0.05) is 48.6 Å². The van der Waals surface area contributed by atoms with Crippen LogP contribution >= 0.6 is 11.6 Å². The Balaban J connectivity index is 1.70. The molecule has 7 nitrogen and oxygen atoms in total. The Morgan fingerprint density at radius 3 is 2.50 bits per heavy atom. The Labute approximate surface area is 207 Å². The third-order valence-corrected chi connectivity index (χ3v) is 7.86. The van der Waals surface area contributed by atoms with Crippen LogP contribution in [0.4, 0.5) is 5.69 Å². The van der Waals surface area contributed by atoms with E-state index in [1.165, 1.54) is 44.6 Å². The van der Waals surface area contributed by atoms with Gasteiger partial charge in [-0.25, -0.2) is 8.42 Å². The first-order valence-electron chi connectivity index (χ1n) is 11.6. The van der Waals surface area contributed by atoms with E-state index >= 15 is 0 Å². The summed E-state index contributed by atoms with van der Waals surface area (Å²) >= 11 is 6.16. The number of nitrogens with one attached hydrogen (secondary N) is 1. The highest BCUT2D eigenvalue weighted by Crippen LogP contribution is 2.34. The quantitative estimate of drug-likeness (QED) is 0.444. The van der Waals surface area contributed by atoms with Crippen molar-refractivity contribution in [2.24, 2.45) is 0 Å². The molecular weight excluding hydrogens is 476 g/mol. The van der Waals surface area contributed by atoms with Crippen molar-refractivity contribution < 1.29 is 22.7 Å². The number of carbonyl (C=O) groups excluding carboxylic acids is 1. The Kier molecular flexibility index (Phi) is 9.62. The molecule has 0 saturated heterocycles. The Bertz CT molecular complexity index is 1050. The van der Waals surface area contributed by atoms with Crippen LogP contribution < -0.4 is 14.4 Å². The van der Waals surface area contributed by atoms with E-state index in [4.69, 9.17) is 21.1 Å². The number of ether oxygens (including phenoxy) is 2. The largest absolute Gasteiger partial charge is 0.495 e. The van der Waals surface area contributed by atoms with Crippen LogP contribution in [0.5, 0.6) is 5.75 Å². The summed E-state index contributed by atoms with van der Waals surface area (Å²) < 4.78 is 39.4. The fourth-order valence-corrected chi connectivity index (χ4v) is 5.55. The maximum atomic E-state index is 13.5. The summed E-state index contributed by atoms with van der Waals surface area (Å²) in [5.41, 5.74) is 1.13. The number of halogens is 1. The number of sulfonamides is 1. The molecule has 1 N–H and O–H groups in total. The molecule has 3 rings (SSSR count). The highest BCUT2D eigenvalue weighted by Gasteiger charge is 2.29. The lowest BCUT2D eigenvalue weighted by atomic mass is 9.98. The lowest BCUT2D eigenvalue weighted by molar-refractivity contribution is -0.119. The first kappa shape index (κ1) is 26.3. The Hall–Kier alpha value is -2.29. The molecule has 1 aliphatic rings. The molecule has 0 aromatic heterocycles. The van der Waals surface area contributed by atoms with Gasteiger partial charge in [0.15, 0.2) is 0 Å². The number of carbonyl (C=O) groups is 1. The molecular formula is C25H33ClN2O5S. The molecule has 9 heteroatoms. The van der Waals surface area contributed by atoms with Crippen LogP contribution in [0.1, 0.15) is 44.1 Å². The SMILES string of the molecule is COc1ccc(Cl)cc1N(CC(=O)NCCCOC1CCCCC1)S(=O)(=O)c1ccc(C)cc1. The standard InChI is InChI=1S/C25H33ClN2O5S/c1-19-9-12-22(13-10-19)34(30,31)28(23-17-20(26)11-14-24(23)32-2)18-25(29)27-15-6-16-33-21-7-4-3-5-8-21/h9-14,17,21H,3-8,15-16,18H2,1-2H3,(H,27,29). The number of nitrogens with zero attached hydrogens (tertiary/aromatic N) is 1. The second-order valence-electron chi connectivity index (χ2n) is 8.48. The molecule has 0 spiro atoms. The summed E-state index contributed by atoms with van der Waals surface area (Å²) in [7, 11) is -2.62. The van der Waals surface area contributed by atoms with Crippen LogP contribution in [0.15, 0.2) is 47.4 Å². The zero-order valence-corrected chi connectivity index (χ0v) is 21.3. The first-order chi connectivity index (χ1) is 16.3. The van der Waals surface area contributed by atoms with E-state index in [2.05, 4.69) is 5.32 Å². The molecule has 186 valence electrons. The zero-order chi connectivity index (χ0) is 24.6. The van der Waals surface area contributed by atoms with Crippen molar-refractivity contribution in [1.82, 2.24) is 5.32 Å². The fourth-order valence-electron chi connectivity index (χ4n) is 3.96. The average Bonchev–Trinajstić information content (AvgIpc) is 2.83. The summed E-state index contributed by atoms with van der Waals surface area (Å²) in [6.07, 6.45) is 6.86. The fraction of sp³-hybridized carbons (Fsp3) is 0.480. The lowest BCUT2D eigenvalue weighted by Crippen LogP contribution is -2.41. The van der Waals surface area contributed by atoms with Gasteiger partial charge in [-0.05, 0) is 56.5 Å². The number of aryl methyl sites for hydroxylation is 1. The molecule has 0 atom stereocenters. The summed E-state index contributed by atoms with van der Waals surface area (Å²) in [6.45, 7) is 2.44. The predicted octanol–water partition coefficient (Wildman–Crippen LogP) is 4.71. The average molecular weight is 509 g/mol. The number of methoxy groups -OCH3 is 1. The van der Waals surface area contributed by atoms with Crippen molar-refractivity contribution in [3.8, 4) is 5.75 Å². The van der Waals surface area contributed by atoms with E-state index < -0.39 is 22.5 Å². The highest BCUT2D eigenvalue weighted by molar-refractivity contribution is 7.92. The van der Waals surface area contributed by atoms with Gasteiger partial charge >= 0.3 is 0 Å². The van der Waals surface area contributed by atoms with Crippen LogP contribution in [-0.4, -0.2) is 47.2 Å². The maximum absolute atomic E-state index is 13.5. The van der Waals surface area contributed by atoms with Gasteiger partial charge < -0.3 is 14.8 Å². The van der Waals surface area contributed by atoms with Gasteiger partial charge in [-0.15, -0.1) is 0 Å². The van der Waals surface area contributed by atoms with Crippen LogP contribution in [0.2, 0.25) is 5.02 Å². The minimum atomic E-state index is -4.06. The van der Waals surface area contributed by atoms with E-state index in [-0.39, 0.29) is 10.6 Å². The van der Waals surface area contributed by atoms with Gasteiger partial charge in [0, 0.05) is 18.2 Å². The van der Waals surface area contributed by atoms with Gasteiger partial charge in [0.05, 0.1) is 23.8 Å². The lowest BCUT2D eigenvalue weighted by Gasteiger charge is -2.26. The Morgan fingerprint density at radius 2 is 1.82 bits per heavy atom. The van der Waals surface area contributed by atoms with E-state index in [1.54, 1.807) is 24.3 Å². The summed E-state index contributed by atoms with van der Waals surface area (Å²) in [5.74, 6) is -0.121. The van der Waals surface area contributed by atoms with Gasteiger partial charge in [-0.3, -0.25) is 9.10 Å². The first-order valence-corrected chi connectivity index (χ1v) is 13.4. The molecule has 1 saturated carbocycles. The number of hydrogen-bond donors (Lipinski definition) is 1. The van der Waals surface area contributed by atoms with Crippen LogP contribution in [0.25, 0.3) is 0 Å². The van der Waals surface area contributed by atoms with Crippen molar-refractivity contribution in [2.75, 3.05) is 31.1 Å². The number of amides is 1. The number of anilines is 1. The smallest absolute Gasteiger partial charge is 0.264 e. The molecule has 0 bridgehead atoms. The van der Waals surface area contributed by atoms with Gasteiger partial charge in [0.25, 0.3) is 10.0 Å². The maximum Gasteiger partial charge on any atom is 0.264 e. The molecule has 1 fully saturated rings. The van der Waals surface area contributed by atoms with Crippen molar-refractivity contribution in [1.29, 1.82) is 0 Å². The molecule has 0 unspecified atom stereocenters. The third kappa shape index (κ3) is 7.10. The van der Waals surface area contributed by atoms with E-state index in [0.717, 1.165) is 22.7 Å². The number of hydrogen-bond acceptors (Lipinski definition) is 5. The number of rotatable bonds is 11. The van der Waals surface area contributed by atoms with Crippen molar-refractivity contribution in [2.45, 2.75) is 56.4 Å². The van der Waals surface area contributed by atoms with Crippen LogP contribution in [-0.2, 0) is 19.6 Å². The molecule has 0 heterocycles. The second-order valence-corrected chi connectivity index (χ2v) is 10.8. The van der Waals surface area contributed by atoms with Gasteiger partial charge in [-0.2, -0.15) is 0 Å². The van der Waals surface area contributed by atoms with Crippen LogP contribution in [0, 0.1) is 6.92 Å². The summed E-state index contributed by atoms with van der Waals surface area (Å²) in [6, 6.07) is 11.1. The monoisotopic (exact) mass is 508 g/mol. The molecule has 2 aromatic rings. The predicted molar refractivity (Wildman–Crippen MR) is 134 cm³/mol. The van der Waals surface area contributed by atoms with Crippen LogP contribution in [0.3, 0.4) is 0 Å². The normalized spacial score (nSPS) is 14.6. The van der Waals surface area contributed by atoms with Crippen molar-refractivity contribution >= 4 is 33.2 Å². The van der Waals surface area contributed by atoms with E-state index in [1.807, 2.05) is 6.92 Å². The van der Waals surface area contributed by atoms with Crippen molar-refractivity contribution in [3.05, 3.63) is 53.1 Å². The van der Waals surface area contributed by atoms with E-state index in [9.17, 15) is 13.2 Å². The summed E-state index contributed by atoms with van der Waals surface area (Å²) in [4.78, 5) is 12.9. The third-order valence-electron chi connectivity index (χ3n) is 5.85. The highest BCUT2D eigenvalue weighted by atomic mass is 35.5. The topological polar surface area (TPSA) is 84.9 Å². The van der Waals surface area contributed by atoms with Gasteiger partial charge in [0.2, 0.25) is 5.91 Å². The minimum absolute atomic E-state index is 0.0776. The Morgan fingerprint density at radius 1 is 1.12 bits per heavy atom. The zero-order valence-electron chi connectivity index (χ0n) is 19.8. The molecule has 34 heavy (non-hydrogen) atoms. The number of benzene rings is 2. The molecule has 0 aliphatic heterocycles. The molecule has 1 amide bonds. The van der Waals surface area contributed by atoms with Gasteiger partial charge in [0.1, 0.15) is 12.3 Å². The minimum Gasteiger partial charge on any atom is -0.495 e. The van der Waals surface area contributed by atoms with E-state index in [0.29, 0.717) is 36.4 Å². The molecule has 2 aromatic carbocycles. The van der Waals surface area contributed by atoms with Crippen molar-refractivity contribution in [3.63, 3.8) is 0 Å².